The number of hydrogen-bond acceptors (Lipinski definition) is 3. The van der Waals surface area contributed by atoms with E-state index in [0.29, 0.717) is 6.04 Å². The third kappa shape index (κ3) is 3.84. The van der Waals surface area contributed by atoms with Crippen molar-refractivity contribution in [3.63, 3.8) is 0 Å². The molecule has 1 fully saturated rings. The fourth-order valence-electron chi connectivity index (χ4n) is 2.76. The molecule has 1 saturated heterocycles. The maximum Gasteiger partial charge on any atom is 0.0645 e. The summed E-state index contributed by atoms with van der Waals surface area (Å²) in [6.07, 6.45) is 2.16. The smallest absolute Gasteiger partial charge is 0.0645 e. The van der Waals surface area contributed by atoms with Crippen LogP contribution in [0.5, 0.6) is 0 Å². The second-order valence-corrected chi connectivity index (χ2v) is 5.61. The van der Waals surface area contributed by atoms with E-state index in [2.05, 4.69) is 47.5 Å². The molecule has 4 nitrogen and oxygen atoms in total. The third-order valence-corrected chi connectivity index (χ3v) is 3.87. The molecule has 1 atom stereocenters. The standard InChI is InChI=1S/C16H22N4.ClH/c1-13-10-19(9-8-17-13)11-15-12-20(18-14(15)2)16-6-4-3-5-7-16;/h3-7,12-13,17H,8-11H2,1-2H3;1H. The number of aryl methyl sites for hydroxylation is 1. The van der Waals surface area contributed by atoms with Gasteiger partial charge in [-0.15, -0.1) is 12.4 Å². The van der Waals surface area contributed by atoms with Gasteiger partial charge in [0.2, 0.25) is 0 Å². The van der Waals surface area contributed by atoms with Crippen LogP contribution in [0.1, 0.15) is 18.2 Å². The van der Waals surface area contributed by atoms with E-state index in [1.54, 1.807) is 0 Å². The average molecular weight is 307 g/mol. The summed E-state index contributed by atoms with van der Waals surface area (Å²) in [5.41, 5.74) is 3.57. The molecule has 1 unspecified atom stereocenters. The van der Waals surface area contributed by atoms with Gasteiger partial charge in [-0.05, 0) is 26.0 Å². The highest BCUT2D eigenvalue weighted by Gasteiger charge is 2.17. The van der Waals surface area contributed by atoms with Crippen molar-refractivity contribution in [2.75, 3.05) is 19.6 Å². The van der Waals surface area contributed by atoms with Crippen LogP contribution < -0.4 is 5.32 Å². The lowest BCUT2D eigenvalue weighted by atomic mass is 10.2. The Morgan fingerprint density at radius 3 is 2.76 bits per heavy atom. The predicted octanol–water partition coefficient (Wildman–Crippen LogP) is 2.40. The lowest BCUT2D eigenvalue weighted by Crippen LogP contribution is -2.48. The van der Waals surface area contributed by atoms with Gasteiger partial charge in [-0.1, -0.05) is 18.2 Å². The van der Waals surface area contributed by atoms with Crippen molar-refractivity contribution in [3.8, 4) is 5.69 Å². The Labute approximate surface area is 132 Å². The van der Waals surface area contributed by atoms with Crippen LogP contribution in [0, 0.1) is 6.92 Å². The molecule has 1 N–H and O–H groups in total. The highest BCUT2D eigenvalue weighted by atomic mass is 35.5. The number of nitrogens with one attached hydrogen (secondary N) is 1. The zero-order chi connectivity index (χ0) is 13.9. The van der Waals surface area contributed by atoms with Crippen molar-refractivity contribution < 1.29 is 0 Å². The Hall–Kier alpha value is -1.36. The summed E-state index contributed by atoms with van der Waals surface area (Å²) in [6.45, 7) is 8.63. The lowest BCUT2D eigenvalue weighted by Gasteiger charge is -2.31. The third-order valence-electron chi connectivity index (χ3n) is 3.87. The summed E-state index contributed by atoms with van der Waals surface area (Å²) in [5.74, 6) is 0. The lowest BCUT2D eigenvalue weighted by molar-refractivity contribution is 0.199. The van der Waals surface area contributed by atoms with Crippen LogP contribution >= 0.6 is 12.4 Å². The van der Waals surface area contributed by atoms with Gasteiger partial charge >= 0.3 is 0 Å². The summed E-state index contributed by atoms with van der Waals surface area (Å²) in [5, 5.41) is 8.12. The summed E-state index contributed by atoms with van der Waals surface area (Å²) >= 11 is 0. The Balaban J connectivity index is 0.00000161. The fourth-order valence-corrected chi connectivity index (χ4v) is 2.76. The van der Waals surface area contributed by atoms with Crippen LogP contribution in [0.25, 0.3) is 5.69 Å². The normalized spacial score (nSPS) is 19.2. The van der Waals surface area contributed by atoms with Gasteiger partial charge in [0, 0.05) is 44.0 Å². The van der Waals surface area contributed by atoms with E-state index < -0.39 is 0 Å². The zero-order valence-corrected chi connectivity index (χ0v) is 13.4. The van der Waals surface area contributed by atoms with Gasteiger partial charge in [0.25, 0.3) is 0 Å². The Bertz CT molecular complexity index is 567. The molecule has 1 aliphatic heterocycles. The summed E-state index contributed by atoms with van der Waals surface area (Å²) < 4.78 is 1.98. The molecule has 2 aromatic rings. The van der Waals surface area contributed by atoms with E-state index in [1.807, 2.05) is 22.9 Å². The number of rotatable bonds is 3. The van der Waals surface area contributed by atoms with Crippen LogP contribution in [0.4, 0.5) is 0 Å². The molecule has 0 aliphatic carbocycles. The quantitative estimate of drug-likeness (QED) is 0.945. The van der Waals surface area contributed by atoms with Crippen LogP contribution in [0.2, 0.25) is 0 Å². The highest BCUT2D eigenvalue weighted by molar-refractivity contribution is 5.85. The molecule has 1 aromatic carbocycles. The number of hydrogen-bond donors (Lipinski definition) is 1. The monoisotopic (exact) mass is 306 g/mol. The fraction of sp³-hybridized carbons (Fsp3) is 0.438. The largest absolute Gasteiger partial charge is 0.312 e. The highest BCUT2D eigenvalue weighted by Crippen LogP contribution is 2.14. The Morgan fingerprint density at radius 2 is 2.05 bits per heavy atom. The molecular formula is C16H23ClN4. The molecule has 21 heavy (non-hydrogen) atoms. The van der Waals surface area contributed by atoms with Crippen molar-refractivity contribution in [2.24, 2.45) is 0 Å². The van der Waals surface area contributed by atoms with Crippen LogP contribution in [0.15, 0.2) is 36.5 Å². The topological polar surface area (TPSA) is 33.1 Å². The van der Waals surface area contributed by atoms with Gasteiger partial charge in [0.05, 0.1) is 11.4 Å². The van der Waals surface area contributed by atoms with Crippen molar-refractivity contribution in [1.82, 2.24) is 20.0 Å². The van der Waals surface area contributed by atoms with Gasteiger partial charge < -0.3 is 5.32 Å². The van der Waals surface area contributed by atoms with Crippen molar-refractivity contribution in [2.45, 2.75) is 26.4 Å². The molecule has 0 radical (unpaired) electrons. The maximum atomic E-state index is 4.64. The minimum absolute atomic E-state index is 0. The van der Waals surface area contributed by atoms with E-state index in [-0.39, 0.29) is 12.4 Å². The summed E-state index contributed by atoms with van der Waals surface area (Å²) in [7, 11) is 0. The summed E-state index contributed by atoms with van der Waals surface area (Å²) in [4.78, 5) is 2.50. The molecular weight excluding hydrogens is 284 g/mol. The predicted molar refractivity (Wildman–Crippen MR) is 88.3 cm³/mol. The van der Waals surface area contributed by atoms with Gasteiger partial charge in [0.15, 0.2) is 0 Å². The zero-order valence-electron chi connectivity index (χ0n) is 12.6. The van der Waals surface area contributed by atoms with Crippen LogP contribution in [-0.4, -0.2) is 40.4 Å². The van der Waals surface area contributed by atoms with Crippen molar-refractivity contribution >= 4 is 12.4 Å². The Kier molecular flexibility index (Phi) is 5.39. The molecule has 0 bridgehead atoms. The van der Waals surface area contributed by atoms with E-state index >= 15 is 0 Å². The first-order valence-corrected chi connectivity index (χ1v) is 7.28. The molecule has 5 heteroatoms. The number of halogens is 1. The SMILES string of the molecule is Cc1nn(-c2ccccc2)cc1CN1CCNC(C)C1.Cl. The number of aromatic nitrogens is 2. The van der Waals surface area contributed by atoms with E-state index in [1.165, 1.54) is 5.56 Å². The molecule has 114 valence electrons. The number of para-hydroxylation sites is 1. The maximum absolute atomic E-state index is 4.64. The van der Waals surface area contributed by atoms with Crippen molar-refractivity contribution in [1.29, 1.82) is 0 Å². The first-order chi connectivity index (χ1) is 9.72. The Morgan fingerprint density at radius 1 is 1.29 bits per heavy atom. The number of nitrogens with zero attached hydrogens (tertiary/aromatic N) is 3. The first kappa shape index (κ1) is 16.0. The second kappa shape index (κ2) is 7.07. The molecule has 0 amide bonds. The van der Waals surface area contributed by atoms with Gasteiger partial charge in [-0.25, -0.2) is 4.68 Å². The molecule has 2 heterocycles. The summed E-state index contributed by atoms with van der Waals surface area (Å²) in [6, 6.07) is 10.9. The van der Waals surface area contributed by atoms with Gasteiger partial charge in [-0.3, -0.25) is 4.90 Å². The number of piperazine rings is 1. The molecule has 0 saturated carbocycles. The van der Waals surface area contributed by atoms with Gasteiger partial charge in [-0.2, -0.15) is 5.10 Å². The van der Waals surface area contributed by atoms with Crippen LogP contribution in [-0.2, 0) is 6.54 Å². The van der Waals surface area contributed by atoms with E-state index in [9.17, 15) is 0 Å². The minimum Gasteiger partial charge on any atom is -0.312 e. The molecule has 1 aromatic heterocycles. The molecule has 0 spiro atoms. The van der Waals surface area contributed by atoms with Crippen LogP contribution in [0.3, 0.4) is 0 Å². The number of benzene rings is 1. The average Bonchev–Trinajstić information content (AvgIpc) is 2.81. The van der Waals surface area contributed by atoms with E-state index in [4.69, 9.17) is 0 Å². The van der Waals surface area contributed by atoms with Crippen molar-refractivity contribution in [3.05, 3.63) is 47.8 Å². The second-order valence-electron chi connectivity index (χ2n) is 5.61. The van der Waals surface area contributed by atoms with Gasteiger partial charge in [0.1, 0.15) is 0 Å². The molecule has 3 rings (SSSR count). The first-order valence-electron chi connectivity index (χ1n) is 7.28. The van der Waals surface area contributed by atoms with E-state index in [0.717, 1.165) is 37.6 Å². The molecule has 1 aliphatic rings. The minimum atomic E-state index is 0.